The van der Waals surface area contributed by atoms with Gasteiger partial charge in [-0.3, -0.25) is 9.78 Å². The van der Waals surface area contributed by atoms with E-state index in [2.05, 4.69) is 19.9 Å². The molecule has 0 unspecified atom stereocenters. The zero-order chi connectivity index (χ0) is 19.9. The number of aromatic amines is 1. The van der Waals surface area contributed by atoms with Gasteiger partial charge in [-0.15, -0.1) is 11.3 Å². The van der Waals surface area contributed by atoms with Crippen LogP contribution in [0.4, 0.5) is 13.2 Å². The van der Waals surface area contributed by atoms with Crippen molar-refractivity contribution in [2.75, 3.05) is 7.11 Å². The minimum absolute atomic E-state index is 0.268. The molecule has 4 aromatic rings. The number of alkyl halides is 3. The van der Waals surface area contributed by atoms with Crippen LogP contribution >= 0.6 is 11.3 Å². The van der Waals surface area contributed by atoms with E-state index in [0.717, 1.165) is 24.6 Å². The molecule has 28 heavy (non-hydrogen) atoms. The lowest BCUT2D eigenvalue weighted by atomic mass is 10.1. The van der Waals surface area contributed by atoms with Gasteiger partial charge >= 0.3 is 6.18 Å². The van der Waals surface area contributed by atoms with Gasteiger partial charge in [-0.25, -0.2) is 9.97 Å². The Kier molecular flexibility index (Phi) is 4.34. The zero-order valence-electron chi connectivity index (χ0n) is 14.2. The van der Waals surface area contributed by atoms with E-state index >= 15 is 0 Å². The first-order valence-electron chi connectivity index (χ1n) is 7.93. The quantitative estimate of drug-likeness (QED) is 0.555. The Morgan fingerprint density at radius 2 is 2.04 bits per heavy atom. The zero-order valence-corrected chi connectivity index (χ0v) is 15.1. The van der Waals surface area contributed by atoms with Gasteiger partial charge in [-0.1, -0.05) is 6.07 Å². The Hall–Kier alpha value is -3.27. The molecule has 0 aromatic carbocycles. The molecule has 0 amide bonds. The van der Waals surface area contributed by atoms with E-state index in [1.165, 1.54) is 6.07 Å². The summed E-state index contributed by atoms with van der Waals surface area (Å²) in [5.41, 5.74) is 0.218. The number of pyridine rings is 2. The second-order valence-corrected chi connectivity index (χ2v) is 6.61. The number of halogens is 3. The van der Waals surface area contributed by atoms with Gasteiger partial charge in [0.2, 0.25) is 0 Å². The molecular weight excluding hydrogens is 393 g/mol. The monoisotopic (exact) mass is 404 g/mol. The molecule has 4 rings (SSSR count). The maximum Gasteiger partial charge on any atom is 0.437 e. The number of methoxy groups -OCH3 is 1. The largest absolute Gasteiger partial charge is 0.494 e. The van der Waals surface area contributed by atoms with Crippen LogP contribution in [0.25, 0.3) is 32.9 Å². The van der Waals surface area contributed by atoms with Gasteiger partial charge in [0.1, 0.15) is 16.1 Å². The standard InChI is InChI=1S/C18H11F3N4O2S/c1-27-12-6-9(7-23-15(12)18(19,20)21)10-8-28-14-13(10)24-16(25-17(14)26)11-4-2-3-5-22-11/h2-8H,1H3,(H,24,25,26). The number of hydrogen-bond donors (Lipinski definition) is 1. The molecule has 10 heteroatoms. The molecular formula is C18H11F3N4O2S. The highest BCUT2D eigenvalue weighted by molar-refractivity contribution is 7.17. The lowest BCUT2D eigenvalue weighted by Gasteiger charge is -2.11. The predicted molar refractivity (Wildman–Crippen MR) is 98.3 cm³/mol. The molecule has 0 radical (unpaired) electrons. The number of nitrogens with one attached hydrogen (secondary N) is 1. The van der Waals surface area contributed by atoms with Gasteiger partial charge in [0.15, 0.2) is 11.5 Å². The Morgan fingerprint density at radius 3 is 2.71 bits per heavy atom. The van der Waals surface area contributed by atoms with Crippen molar-refractivity contribution >= 4 is 21.6 Å². The molecule has 6 nitrogen and oxygen atoms in total. The number of hydrogen-bond acceptors (Lipinski definition) is 6. The summed E-state index contributed by atoms with van der Waals surface area (Å²) >= 11 is 1.15. The van der Waals surface area contributed by atoms with Crippen LogP contribution in [-0.4, -0.2) is 27.0 Å². The minimum Gasteiger partial charge on any atom is -0.494 e. The average Bonchev–Trinajstić information content (AvgIpc) is 3.12. The van der Waals surface area contributed by atoms with Gasteiger partial charge in [-0.05, 0) is 18.2 Å². The van der Waals surface area contributed by atoms with E-state index < -0.39 is 17.6 Å². The Labute approximate surface area is 159 Å². The molecule has 0 bridgehead atoms. The lowest BCUT2D eigenvalue weighted by molar-refractivity contribution is -0.142. The number of H-pyrrole nitrogens is 1. The second-order valence-electron chi connectivity index (χ2n) is 5.73. The van der Waals surface area contributed by atoms with E-state index in [-0.39, 0.29) is 11.4 Å². The van der Waals surface area contributed by atoms with Crippen molar-refractivity contribution in [3.8, 4) is 28.4 Å². The van der Waals surface area contributed by atoms with Crippen molar-refractivity contribution in [3.63, 3.8) is 0 Å². The van der Waals surface area contributed by atoms with Crippen LogP contribution < -0.4 is 10.3 Å². The fourth-order valence-electron chi connectivity index (χ4n) is 2.72. The Bertz CT molecular complexity index is 1220. The molecule has 0 aliphatic heterocycles. The highest BCUT2D eigenvalue weighted by Gasteiger charge is 2.36. The van der Waals surface area contributed by atoms with Crippen LogP contribution in [-0.2, 0) is 6.18 Å². The number of rotatable bonds is 3. The summed E-state index contributed by atoms with van der Waals surface area (Å²) in [4.78, 5) is 27.2. The first-order chi connectivity index (χ1) is 13.4. The second kappa shape index (κ2) is 6.71. The Balaban J connectivity index is 1.90. The van der Waals surface area contributed by atoms with Crippen LogP contribution in [0, 0.1) is 0 Å². The summed E-state index contributed by atoms with van der Waals surface area (Å²) in [6, 6.07) is 6.42. The summed E-state index contributed by atoms with van der Waals surface area (Å²) in [6.07, 6.45) is -1.98. The first-order valence-corrected chi connectivity index (χ1v) is 8.81. The summed E-state index contributed by atoms with van der Waals surface area (Å²) in [6.45, 7) is 0. The molecule has 0 atom stereocenters. The van der Waals surface area contributed by atoms with E-state index in [0.29, 0.717) is 27.0 Å². The highest BCUT2D eigenvalue weighted by Crippen LogP contribution is 2.38. The van der Waals surface area contributed by atoms with E-state index in [4.69, 9.17) is 4.74 Å². The van der Waals surface area contributed by atoms with E-state index in [1.54, 1.807) is 29.8 Å². The van der Waals surface area contributed by atoms with Crippen molar-refractivity contribution < 1.29 is 17.9 Å². The van der Waals surface area contributed by atoms with E-state index in [9.17, 15) is 18.0 Å². The molecule has 0 fully saturated rings. The molecule has 142 valence electrons. The van der Waals surface area contributed by atoms with Gasteiger partial charge < -0.3 is 9.72 Å². The minimum atomic E-state index is -4.64. The van der Waals surface area contributed by atoms with Crippen LogP contribution in [0.1, 0.15) is 5.69 Å². The third-order valence-electron chi connectivity index (χ3n) is 3.99. The maximum atomic E-state index is 13.1. The smallest absolute Gasteiger partial charge is 0.437 e. The number of aromatic nitrogens is 4. The molecule has 4 heterocycles. The van der Waals surface area contributed by atoms with Gasteiger partial charge in [0, 0.05) is 28.9 Å². The normalized spacial score (nSPS) is 11.7. The topological polar surface area (TPSA) is 80.8 Å². The van der Waals surface area contributed by atoms with Gasteiger partial charge in [0.25, 0.3) is 5.56 Å². The SMILES string of the molecule is COc1cc(-c2csc3c(=O)[nH]c(-c4ccccn4)nc23)cnc1C(F)(F)F. The predicted octanol–water partition coefficient (Wildman–Crippen LogP) is 4.14. The van der Waals surface area contributed by atoms with Gasteiger partial charge in [-0.2, -0.15) is 13.2 Å². The molecule has 0 saturated carbocycles. The molecule has 0 spiro atoms. The summed E-state index contributed by atoms with van der Waals surface area (Å²) in [7, 11) is 1.14. The van der Waals surface area contributed by atoms with Crippen molar-refractivity contribution in [3.05, 3.63) is 58.1 Å². The highest BCUT2D eigenvalue weighted by atomic mass is 32.1. The summed E-state index contributed by atoms with van der Waals surface area (Å²) < 4.78 is 44.4. The van der Waals surface area contributed by atoms with Crippen LogP contribution in [0.3, 0.4) is 0 Å². The van der Waals surface area contributed by atoms with Crippen LogP contribution in [0.5, 0.6) is 5.75 Å². The van der Waals surface area contributed by atoms with Crippen molar-refractivity contribution in [2.24, 2.45) is 0 Å². The molecule has 0 aliphatic carbocycles. The van der Waals surface area contributed by atoms with Crippen molar-refractivity contribution in [1.29, 1.82) is 0 Å². The third-order valence-corrected chi connectivity index (χ3v) is 4.95. The Morgan fingerprint density at radius 1 is 1.21 bits per heavy atom. The lowest BCUT2D eigenvalue weighted by Crippen LogP contribution is -2.10. The third kappa shape index (κ3) is 3.11. The summed E-state index contributed by atoms with van der Waals surface area (Å²) in [5.74, 6) is -0.135. The van der Waals surface area contributed by atoms with Crippen LogP contribution in [0.2, 0.25) is 0 Å². The van der Waals surface area contributed by atoms with Crippen LogP contribution in [0.15, 0.2) is 46.8 Å². The maximum absolute atomic E-state index is 13.1. The fraction of sp³-hybridized carbons (Fsp3) is 0.111. The fourth-order valence-corrected chi connectivity index (χ4v) is 3.63. The van der Waals surface area contributed by atoms with Crippen molar-refractivity contribution in [1.82, 2.24) is 19.9 Å². The molecule has 0 aliphatic rings. The number of fused-ring (bicyclic) bond motifs is 1. The molecule has 4 aromatic heterocycles. The average molecular weight is 404 g/mol. The molecule has 0 saturated heterocycles. The number of thiophene rings is 1. The first kappa shape index (κ1) is 18.1. The number of nitrogens with zero attached hydrogens (tertiary/aromatic N) is 3. The summed E-state index contributed by atoms with van der Waals surface area (Å²) in [5, 5.41) is 1.65. The van der Waals surface area contributed by atoms with E-state index in [1.807, 2.05) is 0 Å². The molecule has 1 N–H and O–H groups in total. The van der Waals surface area contributed by atoms with Crippen molar-refractivity contribution in [2.45, 2.75) is 6.18 Å². The number of ether oxygens (including phenoxy) is 1. The van der Waals surface area contributed by atoms with Gasteiger partial charge in [0.05, 0.1) is 12.6 Å².